The Morgan fingerprint density at radius 2 is 1.95 bits per heavy atom. The zero-order valence-electron chi connectivity index (χ0n) is 12.0. The van der Waals surface area contributed by atoms with E-state index >= 15 is 0 Å². The van der Waals surface area contributed by atoms with Crippen molar-refractivity contribution in [3.05, 3.63) is 29.8 Å². The number of hydrogen-bond acceptors (Lipinski definition) is 3. The van der Waals surface area contributed by atoms with Crippen molar-refractivity contribution in [2.24, 2.45) is 4.40 Å². The van der Waals surface area contributed by atoms with Crippen LogP contribution in [-0.2, 0) is 20.5 Å². The van der Waals surface area contributed by atoms with Gasteiger partial charge < -0.3 is 9.47 Å². The first-order valence-electron chi connectivity index (χ1n) is 6.88. The Bertz CT molecular complexity index is 478. The number of unbranched alkanes of at least 4 members (excludes halogenated alkanes) is 1. The summed E-state index contributed by atoms with van der Waals surface area (Å²) in [5.41, 5.74) is 1.15. The fraction of sp³-hybridized carbons (Fsp3) is 0.533. The molecule has 0 aliphatic carbocycles. The third-order valence-corrected chi connectivity index (χ3v) is 4.27. The standard InChI is InChI=1S/C15H21NO3S/c1-13-5-7-14(8-6-13)20(17)16-10-4-3-9-15(2)18-11-12-19-15/h5-8,10H,3-4,9,11-12H2,1-2H3/b16-10+/t20-/m1/s1. The van der Waals surface area contributed by atoms with Crippen molar-refractivity contribution >= 4 is 17.2 Å². The van der Waals surface area contributed by atoms with Gasteiger partial charge >= 0.3 is 0 Å². The van der Waals surface area contributed by atoms with Gasteiger partial charge in [-0.25, -0.2) is 4.21 Å². The van der Waals surface area contributed by atoms with Gasteiger partial charge in [-0.15, -0.1) is 0 Å². The second-order valence-electron chi connectivity index (χ2n) is 5.07. The predicted octanol–water partition coefficient (Wildman–Crippen LogP) is 3.02. The quantitative estimate of drug-likeness (QED) is 0.598. The molecule has 0 N–H and O–H groups in total. The van der Waals surface area contributed by atoms with Crippen LogP contribution in [0.3, 0.4) is 0 Å². The summed E-state index contributed by atoms with van der Waals surface area (Å²) in [6.45, 7) is 5.30. The van der Waals surface area contributed by atoms with Crippen LogP contribution in [0.2, 0.25) is 0 Å². The molecular formula is C15H21NO3S. The lowest BCUT2D eigenvalue weighted by atomic mass is 10.1. The number of rotatable bonds is 6. The van der Waals surface area contributed by atoms with Crippen molar-refractivity contribution in [1.29, 1.82) is 0 Å². The molecule has 1 aromatic rings. The van der Waals surface area contributed by atoms with Gasteiger partial charge in [0, 0.05) is 12.6 Å². The molecule has 0 unspecified atom stereocenters. The Morgan fingerprint density at radius 1 is 1.30 bits per heavy atom. The van der Waals surface area contributed by atoms with Crippen LogP contribution < -0.4 is 0 Å². The minimum atomic E-state index is -1.30. The molecule has 1 fully saturated rings. The first-order chi connectivity index (χ1) is 9.59. The molecule has 1 atom stereocenters. The summed E-state index contributed by atoms with van der Waals surface area (Å²) in [5.74, 6) is -0.441. The number of hydrogen-bond donors (Lipinski definition) is 0. The highest BCUT2D eigenvalue weighted by molar-refractivity contribution is 7.83. The van der Waals surface area contributed by atoms with Gasteiger partial charge in [0.1, 0.15) is 0 Å². The van der Waals surface area contributed by atoms with E-state index < -0.39 is 16.8 Å². The minimum absolute atomic E-state index is 0.441. The number of benzene rings is 1. The second kappa shape index (κ2) is 7.11. The molecule has 1 saturated heterocycles. The van der Waals surface area contributed by atoms with Gasteiger partial charge in [-0.05, 0) is 38.8 Å². The van der Waals surface area contributed by atoms with Crippen molar-refractivity contribution in [1.82, 2.24) is 0 Å². The van der Waals surface area contributed by atoms with Crippen molar-refractivity contribution in [3.8, 4) is 0 Å². The van der Waals surface area contributed by atoms with Crippen molar-refractivity contribution in [3.63, 3.8) is 0 Å². The largest absolute Gasteiger partial charge is 0.348 e. The minimum Gasteiger partial charge on any atom is -0.348 e. The molecule has 20 heavy (non-hydrogen) atoms. The zero-order chi connectivity index (χ0) is 14.4. The molecule has 110 valence electrons. The lowest BCUT2D eigenvalue weighted by Gasteiger charge is -2.21. The second-order valence-corrected chi connectivity index (χ2v) is 6.25. The van der Waals surface area contributed by atoms with Crippen LogP contribution in [0, 0.1) is 6.92 Å². The fourth-order valence-electron chi connectivity index (χ4n) is 2.05. The number of aryl methyl sites for hydroxylation is 1. The Labute approximate surface area is 122 Å². The number of ether oxygens (including phenoxy) is 2. The monoisotopic (exact) mass is 295 g/mol. The van der Waals surface area contributed by atoms with E-state index in [1.807, 2.05) is 38.1 Å². The summed E-state index contributed by atoms with van der Waals surface area (Å²) in [5, 5.41) is 0. The zero-order valence-corrected chi connectivity index (χ0v) is 12.8. The molecule has 0 saturated carbocycles. The smallest absolute Gasteiger partial charge is 0.172 e. The van der Waals surface area contributed by atoms with Gasteiger partial charge in [0.25, 0.3) is 0 Å². The van der Waals surface area contributed by atoms with Gasteiger partial charge in [-0.3, -0.25) is 0 Å². The van der Waals surface area contributed by atoms with E-state index in [9.17, 15) is 4.21 Å². The van der Waals surface area contributed by atoms with Crippen LogP contribution >= 0.6 is 0 Å². The van der Waals surface area contributed by atoms with Gasteiger partial charge in [0.2, 0.25) is 0 Å². The van der Waals surface area contributed by atoms with Crippen LogP contribution in [-0.4, -0.2) is 29.4 Å². The molecule has 0 radical (unpaired) electrons. The first-order valence-corrected chi connectivity index (χ1v) is 7.99. The molecule has 1 heterocycles. The molecule has 0 aromatic heterocycles. The lowest BCUT2D eigenvalue weighted by molar-refractivity contribution is -0.147. The lowest BCUT2D eigenvalue weighted by Crippen LogP contribution is -2.25. The normalized spacial score (nSPS) is 19.5. The average molecular weight is 295 g/mol. The molecule has 0 bridgehead atoms. The highest BCUT2D eigenvalue weighted by Gasteiger charge is 2.29. The maximum absolute atomic E-state index is 11.9. The van der Waals surface area contributed by atoms with Gasteiger partial charge in [-0.2, -0.15) is 4.40 Å². The molecule has 0 spiro atoms. The van der Waals surface area contributed by atoms with E-state index in [0.29, 0.717) is 13.2 Å². The van der Waals surface area contributed by atoms with Crippen LogP contribution in [0.25, 0.3) is 0 Å². The first kappa shape index (κ1) is 15.4. The van der Waals surface area contributed by atoms with Crippen molar-refractivity contribution < 1.29 is 13.7 Å². The van der Waals surface area contributed by atoms with E-state index in [1.54, 1.807) is 6.21 Å². The van der Waals surface area contributed by atoms with Crippen molar-refractivity contribution in [2.45, 2.75) is 43.8 Å². The van der Waals surface area contributed by atoms with Crippen molar-refractivity contribution in [2.75, 3.05) is 13.2 Å². The third kappa shape index (κ3) is 4.51. The molecule has 2 rings (SSSR count). The van der Waals surface area contributed by atoms with Crippen LogP contribution in [0.5, 0.6) is 0 Å². The maximum Gasteiger partial charge on any atom is 0.172 e. The molecule has 1 aromatic carbocycles. The summed E-state index contributed by atoms with van der Waals surface area (Å²) in [4.78, 5) is 0.737. The summed E-state index contributed by atoms with van der Waals surface area (Å²) < 4.78 is 27.0. The molecule has 5 heteroatoms. The summed E-state index contributed by atoms with van der Waals surface area (Å²) in [6, 6.07) is 7.59. The molecular weight excluding hydrogens is 274 g/mol. The van der Waals surface area contributed by atoms with Gasteiger partial charge in [0.05, 0.1) is 18.1 Å². The van der Waals surface area contributed by atoms with Crippen LogP contribution in [0.15, 0.2) is 33.6 Å². The molecule has 0 amide bonds. The van der Waals surface area contributed by atoms with Gasteiger partial charge in [0.15, 0.2) is 16.8 Å². The van der Waals surface area contributed by atoms with Crippen LogP contribution in [0.4, 0.5) is 0 Å². The highest BCUT2D eigenvalue weighted by Crippen LogP contribution is 2.24. The maximum atomic E-state index is 11.9. The Balaban J connectivity index is 1.73. The van der Waals surface area contributed by atoms with E-state index in [4.69, 9.17) is 9.47 Å². The molecule has 1 aliphatic heterocycles. The predicted molar refractivity (Wildman–Crippen MR) is 80.2 cm³/mol. The van der Waals surface area contributed by atoms with Crippen LogP contribution in [0.1, 0.15) is 31.7 Å². The van der Waals surface area contributed by atoms with E-state index in [1.165, 1.54) is 0 Å². The average Bonchev–Trinajstić information content (AvgIpc) is 2.86. The van der Waals surface area contributed by atoms with Gasteiger partial charge in [-0.1, -0.05) is 17.7 Å². The molecule has 1 aliphatic rings. The SMILES string of the molecule is Cc1ccc([S@@](=O)/N=C/CCCC2(C)OCCO2)cc1. The topological polar surface area (TPSA) is 47.9 Å². The van der Waals surface area contributed by atoms with E-state index in [2.05, 4.69) is 4.40 Å². The summed E-state index contributed by atoms with van der Waals surface area (Å²) >= 11 is 0. The Hall–Kier alpha value is -1.04. The highest BCUT2D eigenvalue weighted by atomic mass is 32.2. The fourth-order valence-corrected chi connectivity index (χ4v) is 2.78. The summed E-state index contributed by atoms with van der Waals surface area (Å²) in [7, 11) is -1.30. The Morgan fingerprint density at radius 3 is 2.60 bits per heavy atom. The number of nitrogens with zero attached hydrogens (tertiary/aromatic N) is 1. The van der Waals surface area contributed by atoms with E-state index in [-0.39, 0.29) is 0 Å². The molecule has 4 nitrogen and oxygen atoms in total. The summed E-state index contributed by atoms with van der Waals surface area (Å²) in [6.07, 6.45) is 4.25. The Kier molecular flexibility index (Phi) is 5.46. The third-order valence-electron chi connectivity index (χ3n) is 3.26. The van der Waals surface area contributed by atoms with E-state index in [0.717, 1.165) is 29.7 Å².